The molecule has 3 nitrogen and oxygen atoms in total. The van der Waals surface area contributed by atoms with Crippen LogP contribution in [0, 0.1) is 25.2 Å². The Morgan fingerprint density at radius 3 is 2.30 bits per heavy atom. The molecule has 0 spiro atoms. The summed E-state index contributed by atoms with van der Waals surface area (Å²) in [5.41, 5.74) is 9.85. The zero-order chi connectivity index (χ0) is 20.8. The predicted octanol–water partition coefficient (Wildman–Crippen LogP) is 6.60. The first kappa shape index (κ1) is 18.6. The summed E-state index contributed by atoms with van der Waals surface area (Å²) < 4.78 is 7.58. The molecule has 0 aliphatic carbocycles. The molecule has 2 aromatic carbocycles. The van der Waals surface area contributed by atoms with Crippen LogP contribution in [0.4, 0.5) is 0 Å². The third-order valence-corrected chi connectivity index (χ3v) is 6.59. The van der Waals surface area contributed by atoms with Crippen molar-refractivity contribution in [3.8, 4) is 22.9 Å². The van der Waals surface area contributed by atoms with E-state index in [1.807, 2.05) is 19.1 Å². The van der Waals surface area contributed by atoms with Gasteiger partial charge in [0.2, 0.25) is 0 Å². The van der Waals surface area contributed by atoms with Crippen molar-refractivity contribution in [1.29, 1.82) is 5.26 Å². The molecule has 0 bridgehead atoms. The number of thioether (sulfide) groups is 1. The van der Waals surface area contributed by atoms with E-state index >= 15 is 0 Å². The highest BCUT2D eigenvalue weighted by atomic mass is 32.2. The quantitative estimate of drug-likeness (QED) is 0.383. The standard InChI is InChI=1S/C26H20N2OS/c1-16-4-6-18(7-5-16)22-13-20-12-17(2)23(14-27)26-28(20)25(22)24(15-30-26)19-8-10-21(29-3)11-9-19/h4-13,15H,1-3H3. The molecule has 0 radical (unpaired) electrons. The van der Waals surface area contributed by atoms with E-state index in [1.54, 1.807) is 18.9 Å². The van der Waals surface area contributed by atoms with Gasteiger partial charge in [0.25, 0.3) is 0 Å². The van der Waals surface area contributed by atoms with Gasteiger partial charge in [0.05, 0.1) is 18.4 Å². The van der Waals surface area contributed by atoms with E-state index in [4.69, 9.17) is 4.74 Å². The Morgan fingerprint density at radius 2 is 1.63 bits per heavy atom. The van der Waals surface area contributed by atoms with E-state index < -0.39 is 0 Å². The number of nitriles is 1. The maximum absolute atomic E-state index is 9.79. The molecule has 146 valence electrons. The number of hydrogen-bond acceptors (Lipinski definition) is 3. The van der Waals surface area contributed by atoms with Crippen molar-refractivity contribution in [3.63, 3.8) is 0 Å². The number of aryl methyl sites for hydroxylation is 2. The first-order chi connectivity index (χ1) is 14.6. The second kappa shape index (κ2) is 7.12. The second-order valence-electron chi connectivity index (χ2n) is 7.53. The molecule has 3 heterocycles. The van der Waals surface area contributed by atoms with Crippen LogP contribution in [0.5, 0.6) is 5.75 Å². The molecule has 4 aromatic rings. The Labute approximate surface area is 180 Å². The van der Waals surface area contributed by atoms with Crippen molar-refractivity contribution >= 4 is 22.9 Å². The van der Waals surface area contributed by atoms with E-state index in [2.05, 4.69) is 71.3 Å². The third kappa shape index (κ3) is 2.82. The van der Waals surface area contributed by atoms with E-state index in [0.29, 0.717) is 0 Å². The van der Waals surface area contributed by atoms with Gasteiger partial charge in [-0.1, -0.05) is 53.7 Å². The molecule has 0 atom stereocenters. The number of aromatic nitrogens is 1. The Morgan fingerprint density at radius 1 is 0.933 bits per heavy atom. The van der Waals surface area contributed by atoms with Gasteiger partial charge in [0.15, 0.2) is 0 Å². The highest BCUT2D eigenvalue weighted by molar-refractivity contribution is 8.02. The smallest absolute Gasteiger partial charge is 0.118 e. The van der Waals surface area contributed by atoms with Gasteiger partial charge >= 0.3 is 0 Å². The largest absolute Gasteiger partial charge is 0.497 e. The second-order valence-corrected chi connectivity index (χ2v) is 8.39. The maximum atomic E-state index is 9.79. The molecule has 0 unspecified atom stereocenters. The molecule has 30 heavy (non-hydrogen) atoms. The summed E-state index contributed by atoms with van der Waals surface area (Å²) in [5, 5.41) is 12.9. The summed E-state index contributed by atoms with van der Waals surface area (Å²) in [7, 11) is 1.68. The van der Waals surface area contributed by atoms with Crippen LogP contribution in [-0.4, -0.2) is 11.5 Å². The molecule has 1 aliphatic rings. The minimum Gasteiger partial charge on any atom is -0.497 e. The average Bonchev–Trinajstić information content (AvgIpc) is 3.15. The van der Waals surface area contributed by atoms with Gasteiger partial charge < -0.3 is 9.14 Å². The van der Waals surface area contributed by atoms with Crippen LogP contribution in [0.15, 0.2) is 71.1 Å². The Bertz CT molecular complexity index is 1350. The lowest BCUT2D eigenvalue weighted by Crippen LogP contribution is -2.05. The van der Waals surface area contributed by atoms with Gasteiger partial charge in [-0.25, -0.2) is 0 Å². The molecule has 4 heteroatoms. The van der Waals surface area contributed by atoms with Crippen molar-refractivity contribution in [3.05, 3.63) is 94.0 Å². The Balaban J connectivity index is 1.82. The van der Waals surface area contributed by atoms with E-state index in [0.717, 1.165) is 44.2 Å². The molecule has 0 amide bonds. The van der Waals surface area contributed by atoms with Crippen molar-refractivity contribution in [2.24, 2.45) is 0 Å². The minimum absolute atomic E-state index is 0.741. The van der Waals surface area contributed by atoms with Crippen molar-refractivity contribution in [2.75, 3.05) is 7.11 Å². The lowest BCUT2D eigenvalue weighted by molar-refractivity contribution is 0.415. The average molecular weight is 409 g/mol. The number of ether oxygens (including phenoxy) is 1. The summed E-state index contributed by atoms with van der Waals surface area (Å²) in [6.07, 6.45) is 0. The van der Waals surface area contributed by atoms with Crippen LogP contribution >= 0.6 is 11.8 Å². The predicted molar refractivity (Wildman–Crippen MR) is 123 cm³/mol. The molecule has 0 N–H and O–H groups in total. The lowest BCUT2D eigenvalue weighted by Gasteiger charge is -2.20. The summed E-state index contributed by atoms with van der Waals surface area (Å²) in [5.74, 6) is 0.838. The number of methoxy groups -OCH3 is 1. The first-order valence-corrected chi connectivity index (χ1v) is 10.7. The topological polar surface area (TPSA) is 37.4 Å². The van der Waals surface area contributed by atoms with Gasteiger partial charge in [-0.15, -0.1) is 0 Å². The zero-order valence-electron chi connectivity index (χ0n) is 17.1. The fourth-order valence-corrected chi connectivity index (χ4v) is 5.15. The zero-order valence-corrected chi connectivity index (χ0v) is 17.9. The summed E-state index contributed by atoms with van der Waals surface area (Å²) >= 11 is 1.62. The molecular formula is C26H20N2OS. The van der Waals surface area contributed by atoms with Crippen molar-refractivity contribution in [1.82, 2.24) is 4.40 Å². The number of rotatable bonds is 3. The monoisotopic (exact) mass is 408 g/mol. The summed E-state index contributed by atoms with van der Waals surface area (Å²) in [6.45, 7) is 4.11. The number of hydrogen-bond donors (Lipinski definition) is 0. The number of benzene rings is 2. The van der Waals surface area contributed by atoms with Crippen LogP contribution in [0.25, 0.3) is 22.2 Å². The van der Waals surface area contributed by atoms with Crippen LogP contribution in [0.1, 0.15) is 27.9 Å². The Kier molecular flexibility index (Phi) is 4.42. The van der Waals surface area contributed by atoms with Gasteiger partial charge in [0.1, 0.15) is 16.8 Å². The molecule has 0 fully saturated rings. The maximum Gasteiger partial charge on any atom is 0.118 e. The summed E-state index contributed by atoms with van der Waals surface area (Å²) in [6, 6.07) is 23.5. The normalized spacial score (nSPS) is 12.5. The minimum atomic E-state index is 0.741. The van der Waals surface area contributed by atoms with Crippen LogP contribution in [0.2, 0.25) is 0 Å². The Hall–Kier alpha value is -3.42. The van der Waals surface area contributed by atoms with Gasteiger partial charge in [0, 0.05) is 16.7 Å². The van der Waals surface area contributed by atoms with E-state index in [9.17, 15) is 5.26 Å². The molecular weight excluding hydrogens is 388 g/mol. The highest BCUT2D eigenvalue weighted by Crippen LogP contribution is 2.44. The molecule has 2 aromatic heterocycles. The molecule has 0 saturated heterocycles. The molecule has 0 saturated carbocycles. The van der Waals surface area contributed by atoms with Gasteiger partial charge in [-0.3, -0.25) is 0 Å². The highest BCUT2D eigenvalue weighted by Gasteiger charge is 2.25. The third-order valence-electron chi connectivity index (χ3n) is 5.62. The van der Waals surface area contributed by atoms with Crippen LogP contribution < -0.4 is 4.74 Å². The van der Waals surface area contributed by atoms with Gasteiger partial charge in [-0.05, 0) is 60.2 Å². The van der Waals surface area contributed by atoms with Crippen LogP contribution in [0.3, 0.4) is 0 Å². The van der Waals surface area contributed by atoms with Gasteiger partial charge in [-0.2, -0.15) is 5.26 Å². The molecule has 5 rings (SSSR count). The summed E-state index contributed by atoms with van der Waals surface area (Å²) in [4.78, 5) is 0. The van der Waals surface area contributed by atoms with E-state index in [-0.39, 0.29) is 0 Å². The number of pyridine rings is 1. The fraction of sp³-hybridized carbons (Fsp3) is 0.115. The number of nitrogens with zero attached hydrogens (tertiary/aromatic N) is 2. The SMILES string of the molecule is COc1ccc(C2=CSc3c(C#N)c(C)cc4cc(-c5ccc(C)cc5)c2n34)cc1. The molecule has 1 aliphatic heterocycles. The fourth-order valence-electron chi connectivity index (χ4n) is 4.04. The van der Waals surface area contributed by atoms with Crippen LogP contribution in [-0.2, 0) is 0 Å². The first-order valence-electron chi connectivity index (χ1n) is 9.78. The van der Waals surface area contributed by atoms with E-state index in [1.165, 1.54) is 16.7 Å². The van der Waals surface area contributed by atoms with Crippen molar-refractivity contribution < 1.29 is 4.74 Å². The van der Waals surface area contributed by atoms with Crippen molar-refractivity contribution in [2.45, 2.75) is 18.9 Å². The lowest BCUT2D eigenvalue weighted by atomic mass is 9.97.